The van der Waals surface area contributed by atoms with Crippen molar-refractivity contribution in [2.24, 2.45) is 11.8 Å². The van der Waals surface area contributed by atoms with Crippen molar-refractivity contribution in [1.29, 1.82) is 0 Å². The van der Waals surface area contributed by atoms with Crippen LogP contribution in [0.15, 0.2) is 11.4 Å². The summed E-state index contributed by atoms with van der Waals surface area (Å²) in [6.07, 6.45) is 6.97. The summed E-state index contributed by atoms with van der Waals surface area (Å²) >= 11 is 1.51. The molecule has 0 unspecified atom stereocenters. The zero-order valence-corrected chi connectivity index (χ0v) is 15.9. The Morgan fingerprint density at radius 2 is 2.20 bits per heavy atom. The molecule has 1 aliphatic carbocycles. The first-order valence-electron chi connectivity index (χ1n) is 8.87. The maximum absolute atomic E-state index is 11.9. The third kappa shape index (κ3) is 4.23. The minimum atomic E-state index is 0.168. The monoisotopic (exact) mass is 362 g/mol. The van der Waals surface area contributed by atoms with Crippen molar-refractivity contribution >= 4 is 34.5 Å². The van der Waals surface area contributed by atoms with Crippen LogP contribution in [0.2, 0.25) is 0 Å². The highest BCUT2D eigenvalue weighted by molar-refractivity contribution is 7.98. The second-order valence-corrected chi connectivity index (χ2v) is 7.63. The molecule has 0 radical (unpaired) electrons. The number of fused-ring (bicyclic) bond motifs is 1. The first-order valence-corrected chi connectivity index (χ1v) is 10.1. The lowest BCUT2D eigenvalue weighted by molar-refractivity contribution is -0.127. The first kappa shape index (κ1) is 18.0. The molecule has 1 fully saturated rings. The van der Waals surface area contributed by atoms with Gasteiger partial charge in [0.05, 0.1) is 18.1 Å². The molecular weight excluding hydrogens is 336 g/mol. The lowest BCUT2D eigenvalue weighted by atomic mass is 9.85. The van der Waals surface area contributed by atoms with Crippen molar-refractivity contribution < 1.29 is 4.79 Å². The molecule has 1 aliphatic rings. The number of nitrogens with zero attached hydrogens (tertiary/aromatic N) is 4. The van der Waals surface area contributed by atoms with Crippen LogP contribution < -0.4 is 10.6 Å². The Morgan fingerprint density at radius 3 is 2.84 bits per heavy atom. The molecule has 25 heavy (non-hydrogen) atoms. The van der Waals surface area contributed by atoms with Crippen LogP contribution in [0.1, 0.15) is 33.1 Å². The quantitative estimate of drug-likeness (QED) is 0.554. The molecule has 0 aliphatic heterocycles. The minimum Gasteiger partial charge on any atom is -0.369 e. The standard InChI is InChI=1S/C17H26N6OS/c1-11(2)9-19-14-13-10-20-23(15(13)22-17(21-14)25-3)8-7-18-16(24)12-5-4-6-12/h10-12H,4-9H2,1-3H3,(H,18,24)(H,19,21,22). The lowest BCUT2D eigenvalue weighted by Gasteiger charge is -2.23. The van der Waals surface area contributed by atoms with Crippen molar-refractivity contribution in [2.75, 3.05) is 24.7 Å². The molecule has 0 aromatic carbocycles. The van der Waals surface area contributed by atoms with Gasteiger partial charge in [-0.1, -0.05) is 32.0 Å². The first-order chi connectivity index (χ1) is 12.1. The van der Waals surface area contributed by atoms with Crippen LogP contribution in [0.4, 0.5) is 5.82 Å². The molecule has 7 nitrogen and oxygen atoms in total. The molecule has 2 heterocycles. The molecule has 136 valence electrons. The van der Waals surface area contributed by atoms with E-state index in [-0.39, 0.29) is 11.8 Å². The number of carbonyl (C=O) groups excluding carboxylic acids is 1. The third-order valence-corrected chi connectivity index (χ3v) is 4.98. The predicted octanol–water partition coefficient (Wildman–Crippen LogP) is 2.53. The summed E-state index contributed by atoms with van der Waals surface area (Å²) in [6.45, 7) is 6.35. The van der Waals surface area contributed by atoms with Crippen LogP contribution in [0, 0.1) is 11.8 Å². The van der Waals surface area contributed by atoms with Gasteiger partial charge < -0.3 is 10.6 Å². The van der Waals surface area contributed by atoms with Crippen LogP contribution in [0.3, 0.4) is 0 Å². The van der Waals surface area contributed by atoms with Crippen molar-refractivity contribution in [3.8, 4) is 0 Å². The summed E-state index contributed by atoms with van der Waals surface area (Å²) in [7, 11) is 0. The zero-order chi connectivity index (χ0) is 17.8. The van der Waals surface area contributed by atoms with E-state index in [0.29, 0.717) is 19.0 Å². The minimum absolute atomic E-state index is 0.168. The van der Waals surface area contributed by atoms with Gasteiger partial charge in [0.1, 0.15) is 5.82 Å². The SMILES string of the molecule is CSc1nc(NCC(C)C)c2cnn(CCNC(=O)C3CCC3)c2n1. The Kier molecular flexibility index (Phi) is 5.78. The maximum atomic E-state index is 11.9. The second-order valence-electron chi connectivity index (χ2n) is 6.86. The van der Waals surface area contributed by atoms with E-state index < -0.39 is 0 Å². The number of aromatic nitrogens is 4. The van der Waals surface area contributed by atoms with E-state index in [1.807, 2.05) is 10.9 Å². The predicted molar refractivity (Wildman–Crippen MR) is 101 cm³/mol. The average Bonchev–Trinajstić information content (AvgIpc) is 2.94. The maximum Gasteiger partial charge on any atom is 0.223 e. The molecule has 3 rings (SSSR count). The molecule has 2 N–H and O–H groups in total. The van der Waals surface area contributed by atoms with Gasteiger partial charge in [0.25, 0.3) is 0 Å². The number of hydrogen-bond acceptors (Lipinski definition) is 6. The molecule has 0 spiro atoms. The fourth-order valence-electron chi connectivity index (χ4n) is 2.73. The number of thioether (sulfide) groups is 1. The number of nitrogens with one attached hydrogen (secondary N) is 2. The third-order valence-electron chi connectivity index (χ3n) is 4.43. The smallest absolute Gasteiger partial charge is 0.223 e. The second kappa shape index (κ2) is 8.03. The van der Waals surface area contributed by atoms with E-state index in [4.69, 9.17) is 0 Å². The van der Waals surface area contributed by atoms with Gasteiger partial charge in [0.15, 0.2) is 10.8 Å². The van der Waals surface area contributed by atoms with Crippen molar-refractivity contribution in [1.82, 2.24) is 25.1 Å². The van der Waals surface area contributed by atoms with Crippen molar-refractivity contribution in [2.45, 2.75) is 44.8 Å². The topological polar surface area (TPSA) is 84.7 Å². The Morgan fingerprint density at radius 1 is 1.40 bits per heavy atom. The number of anilines is 1. The molecule has 0 saturated heterocycles. The fourth-order valence-corrected chi connectivity index (χ4v) is 3.09. The molecule has 1 saturated carbocycles. The van der Waals surface area contributed by atoms with E-state index in [0.717, 1.165) is 41.4 Å². The zero-order valence-electron chi connectivity index (χ0n) is 15.1. The summed E-state index contributed by atoms with van der Waals surface area (Å²) < 4.78 is 1.85. The number of amides is 1. The number of carbonyl (C=O) groups is 1. The highest BCUT2D eigenvalue weighted by atomic mass is 32.2. The molecule has 0 bridgehead atoms. The van der Waals surface area contributed by atoms with Gasteiger partial charge in [-0.25, -0.2) is 14.6 Å². The summed E-state index contributed by atoms with van der Waals surface area (Å²) in [4.78, 5) is 21.1. The van der Waals surface area contributed by atoms with E-state index in [1.165, 1.54) is 18.2 Å². The summed E-state index contributed by atoms with van der Waals surface area (Å²) in [6, 6.07) is 0. The number of hydrogen-bond donors (Lipinski definition) is 2. The normalized spacial score (nSPS) is 14.7. The largest absolute Gasteiger partial charge is 0.369 e. The van der Waals surface area contributed by atoms with Crippen LogP contribution in [0.25, 0.3) is 11.0 Å². The van der Waals surface area contributed by atoms with Gasteiger partial charge in [0, 0.05) is 19.0 Å². The van der Waals surface area contributed by atoms with E-state index >= 15 is 0 Å². The van der Waals surface area contributed by atoms with Crippen molar-refractivity contribution in [3.63, 3.8) is 0 Å². The van der Waals surface area contributed by atoms with Gasteiger partial charge in [-0.2, -0.15) is 5.10 Å². The van der Waals surface area contributed by atoms with Gasteiger partial charge in [0.2, 0.25) is 5.91 Å². The Labute approximate surface area is 152 Å². The summed E-state index contributed by atoms with van der Waals surface area (Å²) in [5.74, 6) is 1.74. The van der Waals surface area contributed by atoms with Crippen molar-refractivity contribution in [3.05, 3.63) is 6.20 Å². The lowest BCUT2D eigenvalue weighted by Crippen LogP contribution is -2.36. The van der Waals surface area contributed by atoms with Crippen LogP contribution in [-0.2, 0) is 11.3 Å². The molecular formula is C17H26N6OS. The van der Waals surface area contributed by atoms with Crippen LogP contribution in [0.5, 0.6) is 0 Å². The van der Waals surface area contributed by atoms with E-state index in [2.05, 4.69) is 39.5 Å². The molecule has 2 aromatic rings. The van der Waals surface area contributed by atoms with Gasteiger partial charge in [-0.3, -0.25) is 4.79 Å². The summed E-state index contributed by atoms with van der Waals surface area (Å²) in [5.41, 5.74) is 0.809. The van der Waals surface area contributed by atoms with Crippen LogP contribution >= 0.6 is 11.8 Å². The van der Waals surface area contributed by atoms with E-state index in [9.17, 15) is 4.79 Å². The molecule has 8 heteroatoms. The van der Waals surface area contributed by atoms with Crippen LogP contribution in [-0.4, -0.2) is 45.0 Å². The highest BCUT2D eigenvalue weighted by Crippen LogP contribution is 2.26. The van der Waals surface area contributed by atoms with E-state index in [1.54, 1.807) is 6.20 Å². The molecule has 0 atom stereocenters. The molecule has 2 aromatic heterocycles. The Hall–Kier alpha value is -1.83. The van der Waals surface area contributed by atoms with Gasteiger partial charge in [-0.15, -0.1) is 0 Å². The highest BCUT2D eigenvalue weighted by Gasteiger charge is 2.24. The summed E-state index contributed by atoms with van der Waals surface area (Å²) in [5, 5.41) is 12.5. The fraction of sp³-hybridized carbons (Fsp3) is 0.647. The molecule has 1 amide bonds. The Bertz CT molecular complexity index is 740. The Balaban J connectivity index is 1.72. The van der Waals surface area contributed by atoms with Gasteiger partial charge >= 0.3 is 0 Å². The number of rotatable bonds is 8. The average molecular weight is 363 g/mol. The van der Waals surface area contributed by atoms with Gasteiger partial charge in [-0.05, 0) is 25.0 Å².